The molecule has 9 heteroatoms. The van der Waals surface area contributed by atoms with Gasteiger partial charge in [-0.15, -0.1) is 0 Å². The molecule has 0 radical (unpaired) electrons. The van der Waals surface area contributed by atoms with Gasteiger partial charge in [0, 0.05) is 21.1 Å². The summed E-state index contributed by atoms with van der Waals surface area (Å²) in [4.78, 5) is 38.2. The molecule has 3 heterocycles. The lowest BCUT2D eigenvalue weighted by molar-refractivity contribution is 0.162. The first-order valence-corrected chi connectivity index (χ1v) is 14.0. The maximum absolute atomic E-state index is 11.1. The Morgan fingerprint density at radius 3 is 1.45 bits per heavy atom. The lowest BCUT2D eigenvalue weighted by Gasteiger charge is -2.19. The standard InChI is InChI=1S/C11H13NO2.C10H17NO2.C8H13NO2/c1-12-10(8-14-11(12)13)7-9-5-3-2-4-6-9;1-11-9(7-13-10(11)12)6-8-4-2-3-5-8;1-9-7(4-6-2-3-6)5-11-8(9)10/h2-6,10H,7-8H2,1H3;8-9H,2-7H2,1H3;6-7H,2-5H2,1H3/t10-;9-;7-/m000/s1. The lowest BCUT2D eigenvalue weighted by atomic mass is 9.99. The van der Waals surface area contributed by atoms with Crippen LogP contribution in [0.5, 0.6) is 0 Å². The average molecular weight is 530 g/mol. The van der Waals surface area contributed by atoms with Crippen molar-refractivity contribution in [3.63, 3.8) is 0 Å². The van der Waals surface area contributed by atoms with E-state index < -0.39 is 0 Å². The normalized spacial score (nSPS) is 26.9. The topological polar surface area (TPSA) is 88.6 Å². The van der Waals surface area contributed by atoms with Crippen LogP contribution >= 0.6 is 0 Å². The fourth-order valence-electron chi connectivity index (χ4n) is 5.49. The SMILES string of the molecule is CN1C(=O)OC[C@@H]1CC1CC1.CN1C(=O)OC[C@@H]1CC1CCCC1.CN1C(=O)OC[C@@H]1Cc1ccccc1. The summed E-state index contributed by atoms with van der Waals surface area (Å²) in [5.41, 5.74) is 1.24. The number of cyclic esters (lactones) is 3. The number of ether oxygens (including phenoxy) is 3. The van der Waals surface area contributed by atoms with Gasteiger partial charge in [0.25, 0.3) is 0 Å². The van der Waals surface area contributed by atoms with Crippen LogP contribution in [0.25, 0.3) is 0 Å². The van der Waals surface area contributed by atoms with Crippen LogP contribution in [0.3, 0.4) is 0 Å². The van der Waals surface area contributed by atoms with Crippen molar-refractivity contribution in [2.75, 3.05) is 41.0 Å². The second-order valence-electron chi connectivity index (χ2n) is 11.3. The van der Waals surface area contributed by atoms with Gasteiger partial charge >= 0.3 is 18.3 Å². The summed E-state index contributed by atoms with van der Waals surface area (Å²) in [6.45, 7) is 1.71. The highest BCUT2D eigenvalue weighted by atomic mass is 16.6. The van der Waals surface area contributed by atoms with Gasteiger partial charge in [-0.1, -0.05) is 68.9 Å². The first kappa shape index (κ1) is 28.0. The van der Waals surface area contributed by atoms with Gasteiger partial charge in [-0.2, -0.15) is 0 Å². The number of rotatable bonds is 6. The van der Waals surface area contributed by atoms with Crippen molar-refractivity contribution in [1.82, 2.24) is 14.7 Å². The van der Waals surface area contributed by atoms with Crippen molar-refractivity contribution >= 4 is 18.3 Å². The molecule has 2 aliphatic carbocycles. The Hall–Kier alpha value is -2.97. The van der Waals surface area contributed by atoms with E-state index in [1.54, 1.807) is 21.7 Å². The van der Waals surface area contributed by atoms with Crippen LogP contribution in [0.2, 0.25) is 0 Å². The number of hydrogen-bond acceptors (Lipinski definition) is 6. The van der Waals surface area contributed by atoms with E-state index in [-0.39, 0.29) is 24.3 Å². The maximum atomic E-state index is 11.1. The van der Waals surface area contributed by atoms with Gasteiger partial charge in [0.1, 0.15) is 19.8 Å². The van der Waals surface area contributed by atoms with E-state index in [9.17, 15) is 14.4 Å². The zero-order valence-electron chi connectivity index (χ0n) is 23.0. The molecule has 3 aliphatic heterocycles. The van der Waals surface area contributed by atoms with Crippen molar-refractivity contribution in [3.8, 4) is 0 Å². The molecule has 210 valence electrons. The Kier molecular flexibility index (Phi) is 9.74. The number of likely N-dealkylation sites (N-methyl/N-ethyl adjacent to an activating group) is 3. The quantitative estimate of drug-likeness (QED) is 0.486. The van der Waals surface area contributed by atoms with Crippen LogP contribution in [0.4, 0.5) is 14.4 Å². The summed E-state index contributed by atoms with van der Waals surface area (Å²) in [6.07, 6.45) is 10.7. The average Bonchev–Trinajstić information content (AvgIpc) is 3.14. The molecule has 3 saturated heterocycles. The van der Waals surface area contributed by atoms with Crippen molar-refractivity contribution in [1.29, 1.82) is 0 Å². The predicted molar refractivity (Wildman–Crippen MR) is 143 cm³/mol. The third-order valence-electron chi connectivity index (χ3n) is 8.40. The van der Waals surface area contributed by atoms with E-state index in [0.29, 0.717) is 31.9 Å². The van der Waals surface area contributed by atoms with Crippen molar-refractivity contribution in [3.05, 3.63) is 35.9 Å². The van der Waals surface area contributed by atoms with Crippen LogP contribution in [0, 0.1) is 11.8 Å². The number of amides is 3. The first-order valence-electron chi connectivity index (χ1n) is 14.0. The zero-order chi connectivity index (χ0) is 27.1. The summed E-state index contributed by atoms with van der Waals surface area (Å²) < 4.78 is 14.8. The van der Waals surface area contributed by atoms with Crippen molar-refractivity contribution < 1.29 is 28.6 Å². The van der Waals surface area contributed by atoms with Gasteiger partial charge < -0.3 is 28.9 Å². The molecule has 5 aliphatic rings. The Bertz CT molecular complexity index is 934. The number of nitrogens with zero attached hydrogens (tertiary/aromatic N) is 3. The molecule has 0 aromatic heterocycles. The molecular weight excluding hydrogens is 486 g/mol. The third-order valence-corrected chi connectivity index (χ3v) is 8.40. The lowest BCUT2D eigenvalue weighted by Crippen LogP contribution is -2.30. The Morgan fingerprint density at radius 1 is 0.632 bits per heavy atom. The number of benzene rings is 1. The molecule has 3 amide bonds. The highest BCUT2D eigenvalue weighted by molar-refractivity contribution is 5.70. The van der Waals surface area contributed by atoms with Crippen molar-refractivity contribution in [2.24, 2.45) is 11.8 Å². The number of hydrogen-bond donors (Lipinski definition) is 0. The minimum absolute atomic E-state index is 0.150. The predicted octanol–water partition coefficient (Wildman–Crippen LogP) is 4.93. The third kappa shape index (κ3) is 7.77. The molecule has 1 aromatic carbocycles. The molecule has 0 unspecified atom stereocenters. The second kappa shape index (κ2) is 13.2. The smallest absolute Gasteiger partial charge is 0.409 e. The molecule has 38 heavy (non-hydrogen) atoms. The largest absolute Gasteiger partial charge is 0.447 e. The van der Waals surface area contributed by atoms with Gasteiger partial charge in [0.2, 0.25) is 0 Å². The molecule has 0 bridgehead atoms. The molecule has 3 atom stereocenters. The van der Waals surface area contributed by atoms with E-state index in [1.165, 1.54) is 44.1 Å². The molecule has 6 rings (SSSR count). The minimum atomic E-state index is -0.217. The van der Waals surface area contributed by atoms with Crippen LogP contribution in [0.15, 0.2) is 30.3 Å². The highest BCUT2D eigenvalue weighted by Crippen LogP contribution is 2.35. The molecule has 5 fully saturated rings. The van der Waals surface area contributed by atoms with Crippen LogP contribution in [-0.4, -0.2) is 92.1 Å². The first-order chi connectivity index (χ1) is 18.3. The van der Waals surface area contributed by atoms with Crippen LogP contribution < -0.4 is 0 Å². The summed E-state index contributed by atoms with van der Waals surface area (Å²) in [7, 11) is 5.44. The van der Waals surface area contributed by atoms with Gasteiger partial charge in [0.15, 0.2) is 0 Å². The molecule has 9 nitrogen and oxygen atoms in total. The highest BCUT2D eigenvalue weighted by Gasteiger charge is 2.35. The summed E-state index contributed by atoms with van der Waals surface area (Å²) >= 11 is 0. The fraction of sp³-hybridized carbons (Fsp3) is 0.690. The van der Waals surface area contributed by atoms with Gasteiger partial charge in [-0.3, -0.25) is 0 Å². The van der Waals surface area contributed by atoms with E-state index in [0.717, 1.165) is 31.1 Å². The van der Waals surface area contributed by atoms with Gasteiger partial charge in [-0.25, -0.2) is 14.4 Å². The van der Waals surface area contributed by atoms with Crippen LogP contribution in [-0.2, 0) is 20.6 Å². The van der Waals surface area contributed by atoms with E-state index in [1.807, 2.05) is 32.3 Å². The van der Waals surface area contributed by atoms with Crippen molar-refractivity contribution in [2.45, 2.75) is 75.9 Å². The number of carbonyl (C=O) groups excluding carboxylic acids is 3. The fourth-order valence-corrected chi connectivity index (χ4v) is 5.49. The number of carbonyl (C=O) groups is 3. The Morgan fingerprint density at radius 2 is 1.05 bits per heavy atom. The van der Waals surface area contributed by atoms with E-state index in [4.69, 9.17) is 14.2 Å². The molecule has 0 spiro atoms. The molecule has 1 aromatic rings. The summed E-state index contributed by atoms with van der Waals surface area (Å²) in [5, 5.41) is 0. The monoisotopic (exact) mass is 529 g/mol. The summed E-state index contributed by atoms with van der Waals surface area (Å²) in [5.74, 6) is 1.71. The minimum Gasteiger partial charge on any atom is -0.447 e. The second-order valence-corrected chi connectivity index (χ2v) is 11.3. The molecule has 2 saturated carbocycles. The van der Waals surface area contributed by atoms with E-state index in [2.05, 4.69) is 12.1 Å². The summed E-state index contributed by atoms with van der Waals surface area (Å²) in [6, 6.07) is 11.0. The van der Waals surface area contributed by atoms with E-state index >= 15 is 0 Å². The molecular formula is C29H43N3O6. The Balaban J connectivity index is 0.000000134. The van der Waals surface area contributed by atoms with Crippen LogP contribution in [0.1, 0.15) is 56.9 Å². The van der Waals surface area contributed by atoms with Gasteiger partial charge in [0.05, 0.1) is 18.1 Å². The Labute approximate surface area is 226 Å². The molecule has 0 N–H and O–H groups in total. The van der Waals surface area contributed by atoms with Gasteiger partial charge in [-0.05, 0) is 36.7 Å². The zero-order valence-corrected chi connectivity index (χ0v) is 23.0. The maximum Gasteiger partial charge on any atom is 0.409 e.